The molecule has 0 aliphatic carbocycles. The van der Waals surface area contributed by atoms with E-state index in [1.54, 1.807) is 12.1 Å². The zero-order valence-corrected chi connectivity index (χ0v) is 9.32. The summed E-state index contributed by atoms with van der Waals surface area (Å²) in [5.41, 5.74) is 0.624. The van der Waals surface area contributed by atoms with Gasteiger partial charge in [0.25, 0.3) is 0 Å². The van der Waals surface area contributed by atoms with Crippen molar-refractivity contribution in [2.75, 3.05) is 13.1 Å². The summed E-state index contributed by atoms with van der Waals surface area (Å²) in [6.07, 6.45) is 4.90. The van der Waals surface area contributed by atoms with Crippen LogP contribution in [0.1, 0.15) is 30.9 Å². The van der Waals surface area contributed by atoms with E-state index in [1.807, 2.05) is 6.07 Å². The molecule has 1 aliphatic rings. The minimum Gasteiger partial charge on any atom is -0.311 e. The van der Waals surface area contributed by atoms with Crippen LogP contribution in [0.5, 0.6) is 0 Å². The number of halogens is 1. The summed E-state index contributed by atoms with van der Waals surface area (Å²) in [7, 11) is 0. The fourth-order valence-corrected chi connectivity index (χ4v) is 2.30. The summed E-state index contributed by atoms with van der Waals surface area (Å²) >= 11 is 0. The van der Waals surface area contributed by atoms with Gasteiger partial charge in [-0.05, 0) is 32.0 Å². The van der Waals surface area contributed by atoms with Gasteiger partial charge in [-0.3, -0.25) is 4.90 Å². The van der Waals surface area contributed by atoms with E-state index in [9.17, 15) is 4.39 Å². The molecule has 1 unspecified atom stereocenters. The Morgan fingerprint density at radius 2 is 1.88 bits per heavy atom. The average molecular weight is 220 g/mol. The number of rotatable bonds is 3. The van der Waals surface area contributed by atoms with Gasteiger partial charge in [0.2, 0.25) is 0 Å². The molecule has 1 N–H and O–H groups in total. The van der Waals surface area contributed by atoms with Gasteiger partial charge in [0, 0.05) is 11.8 Å². The first-order valence-electron chi connectivity index (χ1n) is 5.82. The first-order chi connectivity index (χ1) is 7.83. The molecule has 2 rings (SSSR count). The highest BCUT2D eigenvalue weighted by atomic mass is 19.1. The van der Waals surface area contributed by atoms with Crippen molar-refractivity contribution < 1.29 is 4.39 Å². The second-order valence-electron chi connectivity index (χ2n) is 4.23. The number of hydrogen-bond acceptors (Lipinski definition) is 2. The predicted octanol–water partition coefficient (Wildman–Crippen LogP) is 3.00. The van der Waals surface area contributed by atoms with E-state index in [-0.39, 0.29) is 11.9 Å². The van der Waals surface area contributed by atoms with Crippen LogP contribution in [0.4, 0.5) is 4.39 Å². The van der Waals surface area contributed by atoms with Gasteiger partial charge >= 0.3 is 0 Å². The first-order valence-corrected chi connectivity index (χ1v) is 5.82. The van der Waals surface area contributed by atoms with Gasteiger partial charge in [0.05, 0.1) is 6.04 Å². The summed E-state index contributed by atoms with van der Waals surface area (Å²) in [5, 5.41) is 7.50. The monoisotopic (exact) mass is 220 g/mol. The molecular weight excluding hydrogens is 203 g/mol. The summed E-state index contributed by atoms with van der Waals surface area (Å²) in [5.74, 6) is -0.207. The Balaban J connectivity index is 2.21. The standard InChI is InChI=1S/C13H17FN2/c14-12-7-3-2-6-11(12)13(10-15)16-8-4-1-5-9-16/h2-3,6-7,10,13,15H,1,4-5,8-9H2. The number of likely N-dealkylation sites (tertiary alicyclic amines) is 1. The molecule has 16 heavy (non-hydrogen) atoms. The molecule has 1 aliphatic heterocycles. The molecule has 2 nitrogen and oxygen atoms in total. The van der Waals surface area contributed by atoms with Gasteiger partial charge in [0.1, 0.15) is 5.82 Å². The van der Waals surface area contributed by atoms with Crippen LogP contribution < -0.4 is 0 Å². The minimum absolute atomic E-state index is 0.193. The number of hydrogen-bond donors (Lipinski definition) is 1. The Morgan fingerprint density at radius 3 is 2.50 bits per heavy atom. The molecule has 0 aromatic heterocycles. The smallest absolute Gasteiger partial charge is 0.128 e. The number of nitrogens with one attached hydrogen (secondary N) is 1. The summed E-state index contributed by atoms with van der Waals surface area (Å²) in [4.78, 5) is 2.19. The Labute approximate surface area is 95.6 Å². The van der Waals surface area contributed by atoms with E-state index < -0.39 is 0 Å². The van der Waals surface area contributed by atoms with Gasteiger partial charge in [0.15, 0.2) is 0 Å². The fraction of sp³-hybridized carbons (Fsp3) is 0.462. The lowest BCUT2D eigenvalue weighted by Crippen LogP contribution is -2.34. The van der Waals surface area contributed by atoms with Crippen LogP contribution in [0, 0.1) is 11.2 Å². The average Bonchev–Trinajstić information content (AvgIpc) is 2.34. The van der Waals surface area contributed by atoms with Crippen molar-refractivity contribution in [1.82, 2.24) is 4.90 Å². The van der Waals surface area contributed by atoms with E-state index in [1.165, 1.54) is 18.7 Å². The van der Waals surface area contributed by atoms with Crippen molar-refractivity contribution in [3.63, 3.8) is 0 Å². The maximum atomic E-state index is 13.7. The van der Waals surface area contributed by atoms with E-state index in [4.69, 9.17) is 5.41 Å². The summed E-state index contributed by atoms with van der Waals surface area (Å²) < 4.78 is 13.7. The maximum absolute atomic E-state index is 13.7. The molecule has 0 spiro atoms. The van der Waals surface area contributed by atoms with Crippen LogP contribution in [0.2, 0.25) is 0 Å². The van der Waals surface area contributed by atoms with Crippen molar-refractivity contribution in [2.24, 2.45) is 0 Å². The van der Waals surface area contributed by atoms with E-state index in [2.05, 4.69) is 4.90 Å². The lowest BCUT2D eigenvalue weighted by molar-refractivity contribution is 0.202. The molecule has 1 saturated heterocycles. The van der Waals surface area contributed by atoms with Crippen molar-refractivity contribution in [2.45, 2.75) is 25.3 Å². The minimum atomic E-state index is -0.207. The normalized spacial score (nSPS) is 19.3. The van der Waals surface area contributed by atoms with Gasteiger partial charge in [-0.2, -0.15) is 0 Å². The SMILES string of the molecule is N=CC(c1ccccc1F)N1CCCCC1. The molecule has 1 heterocycles. The Morgan fingerprint density at radius 1 is 1.19 bits per heavy atom. The third-order valence-electron chi connectivity index (χ3n) is 3.17. The third kappa shape index (κ3) is 2.30. The second kappa shape index (κ2) is 5.21. The molecule has 0 saturated carbocycles. The number of nitrogens with zero attached hydrogens (tertiary/aromatic N) is 1. The molecular formula is C13H17FN2. The van der Waals surface area contributed by atoms with Gasteiger partial charge < -0.3 is 5.41 Å². The van der Waals surface area contributed by atoms with Crippen LogP contribution in [0.3, 0.4) is 0 Å². The fourth-order valence-electron chi connectivity index (χ4n) is 2.30. The van der Waals surface area contributed by atoms with Crippen molar-refractivity contribution in [3.05, 3.63) is 35.6 Å². The Bertz CT molecular complexity index is 359. The van der Waals surface area contributed by atoms with Crippen LogP contribution >= 0.6 is 0 Å². The lowest BCUT2D eigenvalue weighted by atomic mass is 10.0. The molecule has 1 aromatic rings. The van der Waals surface area contributed by atoms with Gasteiger partial charge in [-0.1, -0.05) is 24.6 Å². The summed E-state index contributed by atoms with van der Waals surface area (Å²) in [6, 6.07) is 6.58. The van der Waals surface area contributed by atoms with Crippen LogP contribution in [-0.2, 0) is 0 Å². The van der Waals surface area contributed by atoms with Crippen molar-refractivity contribution >= 4 is 6.21 Å². The van der Waals surface area contributed by atoms with Gasteiger partial charge in [-0.25, -0.2) is 4.39 Å². The second-order valence-corrected chi connectivity index (χ2v) is 4.23. The van der Waals surface area contributed by atoms with Crippen LogP contribution in [0.25, 0.3) is 0 Å². The molecule has 0 radical (unpaired) electrons. The van der Waals surface area contributed by atoms with Gasteiger partial charge in [-0.15, -0.1) is 0 Å². The van der Waals surface area contributed by atoms with Crippen LogP contribution in [-0.4, -0.2) is 24.2 Å². The molecule has 86 valence electrons. The molecule has 0 amide bonds. The quantitative estimate of drug-likeness (QED) is 0.779. The first kappa shape index (κ1) is 11.3. The zero-order valence-electron chi connectivity index (χ0n) is 9.32. The molecule has 3 heteroatoms. The van der Waals surface area contributed by atoms with Crippen LogP contribution in [0.15, 0.2) is 24.3 Å². The largest absolute Gasteiger partial charge is 0.311 e. The Kier molecular flexibility index (Phi) is 3.67. The van der Waals surface area contributed by atoms with E-state index in [0.717, 1.165) is 25.9 Å². The van der Waals surface area contributed by atoms with Crippen molar-refractivity contribution in [1.29, 1.82) is 5.41 Å². The number of benzene rings is 1. The molecule has 1 fully saturated rings. The highest BCUT2D eigenvalue weighted by Crippen LogP contribution is 2.24. The molecule has 1 aromatic carbocycles. The third-order valence-corrected chi connectivity index (χ3v) is 3.17. The lowest BCUT2D eigenvalue weighted by Gasteiger charge is -2.32. The van der Waals surface area contributed by atoms with E-state index in [0.29, 0.717) is 5.56 Å². The Hall–Kier alpha value is -1.22. The topological polar surface area (TPSA) is 27.1 Å². The van der Waals surface area contributed by atoms with Crippen molar-refractivity contribution in [3.8, 4) is 0 Å². The predicted molar refractivity (Wildman–Crippen MR) is 63.3 cm³/mol. The highest BCUT2D eigenvalue weighted by Gasteiger charge is 2.22. The number of piperidine rings is 1. The summed E-state index contributed by atoms with van der Waals surface area (Å²) in [6.45, 7) is 1.93. The highest BCUT2D eigenvalue weighted by molar-refractivity contribution is 5.64. The molecule has 0 bridgehead atoms. The van der Waals surface area contributed by atoms with E-state index >= 15 is 0 Å². The zero-order chi connectivity index (χ0) is 11.4. The maximum Gasteiger partial charge on any atom is 0.128 e. The molecule has 1 atom stereocenters.